The Balaban J connectivity index is 2.65. The van der Waals surface area contributed by atoms with E-state index in [0.29, 0.717) is 0 Å². The third kappa shape index (κ3) is 6.53. The van der Waals surface area contributed by atoms with Crippen LogP contribution in [0.4, 0.5) is 0 Å². The molecule has 21 heavy (non-hydrogen) atoms. The van der Waals surface area contributed by atoms with Gasteiger partial charge in [0.2, 0.25) is 5.91 Å². The SMILES string of the molecule is COC(=O)CN(Cc1ccccc1)C(=O)COCC(=O)O. The maximum absolute atomic E-state index is 12.0. The molecule has 0 saturated heterocycles. The van der Waals surface area contributed by atoms with Crippen molar-refractivity contribution < 1.29 is 29.0 Å². The van der Waals surface area contributed by atoms with Gasteiger partial charge in [0.25, 0.3) is 0 Å². The second-order valence-electron chi connectivity index (χ2n) is 4.20. The summed E-state index contributed by atoms with van der Waals surface area (Å²) in [6.45, 7) is -0.981. The molecule has 0 atom stereocenters. The number of carbonyl (C=O) groups is 3. The van der Waals surface area contributed by atoms with Gasteiger partial charge in [-0.2, -0.15) is 0 Å². The van der Waals surface area contributed by atoms with Gasteiger partial charge in [-0.3, -0.25) is 9.59 Å². The lowest BCUT2D eigenvalue weighted by Crippen LogP contribution is -2.38. The predicted molar refractivity (Wildman–Crippen MR) is 72.3 cm³/mol. The van der Waals surface area contributed by atoms with Gasteiger partial charge in [-0.05, 0) is 5.56 Å². The van der Waals surface area contributed by atoms with E-state index in [0.717, 1.165) is 5.56 Å². The van der Waals surface area contributed by atoms with Gasteiger partial charge in [0, 0.05) is 6.54 Å². The number of nitrogens with zero attached hydrogens (tertiary/aromatic N) is 1. The van der Waals surface area contributed by atoms with Gasteiger partial charge >= 0.3 is 11.9 Å². The van der Waals surface area contributed by atoms with Gasteiger partial charge in [-0.1, -0.05) is 30.3 Å². The molecule has 0 fully saturated rings. The molecule has 0 aromatic heterocycles. The summed E-state index contributed by atoms with van der Waals surface area (Å²) in [4.78, 5) is 34.9. The Morgan fingerprint density at radius 1 is 1.14 bits per heavy atom. The summed E-state index contributed by atoms with van der Waals surface area (Å²) in [6.07, 6.45) is 0. The van der Waals surface area contributed by atoms with Crippen molar-refractivity contribution in [3.8, 4) is 0 Å². The van der Waals surface area contributed by atoms with E-state index in [1.54, 1.807) is 0 Å². The number of amides is 1. The van der Waals surface area contributed by atoms with Crippen molar-refractivity contribution in [1.29, 1.82) is 0 Å². The van der Waals surface area contributed by atoms with Gasteiger partial charge in [0.1, 0.15) is 19.8 Å². The number of ether oxygens (including phenoxy) is 2. The fraction of sp³-hybridized carbons (Fsp3) is 0.357. The Hall–Kier alpha value is -2.41. The fourth-order valence-corrected chi connectivity index (χ4v) is 1.57. The highest BCUT2D eigenvalue weighted by molar-refractivity contribution is 5.83. The Bertz CT molecular complexity index is 487. The molecule has 0 aliphatic carbocycles. The molecule has 0 unspecified atom stereocenters. The number of benzene rings is 1. The summed E-state index contributed by atoms with van der Waals surface area (Å²) in [5.41, 5.74) is 0.841. The highest BCUT2D eigenvalue weighted by Crippen LogP contribution is 2.05. The Labute approximate surface area is 122 Å². The minimum absolute atomic E-state index is 0.213. The molecule has 0 bridgehead atoms. The summed E-state index contributed by atoms with van der Waals surface area (Å²) in [6, 6.07) is 9.10. The molecule has 1 aromatic rings. The second kappa shape index (κ2) is 8.70. The van der Waals surface area contributed by atoms with Crippen LogP contribution in [0.2, 0.25) is 0 Å². The van der Waals surface area contributed by atoms with Crippen LogP contribution in [0.3, 0.4) is 0 Å². The van der Waals surface area contributed by atoms with Gasteiger partial charge in [-0.15, -0.1) is 0 Å². The molecule has 0 radical (unpaired) electrons. The molecule has 0 saturated carbocycles. The molecule has 0 spiro atoms. The zero-order valence-electron chi connectivity index (χ0n) is 11.7. The molecule has 0 heterocycles. The first-order chi connectivity index (χ1) is 10.0. The van der Waals surface area contributed by atoms with E-state index in [4.69, 9.17) is 9.84 Å². The molecule has 1 rings (SSSR count). The minimum atomic E-state index is -1.16. The number of carboxylic acids is 1. The van der Waals surface area contributed by atoms with Crippen LogP contribution in [-0.2, 0) is 30.4 Å². The molecule has 7 heteroatoms. The third-order valence-electron chi connectivity index (χ3n) is 2.57. The molecule has 0 aliphatic heterocycles. The maximum atomic E-state index is 12.0. The van der Waals surface area contributed by atoms with Crippen LogP contribution in [0.15, 0.2) is 30.3 Å². The molecule has 1 aromatic carbocycles. The largest absolute Gasteiger partial charge is 0.480 e. The lowest BCUT2D eigenvalue weighted by Gasteiger charge is -2.21. The summed E-state index contributed by atoms with van der Waals surface area (Å²) in [5.74, 6) is -2.20. The van der Waals surface area contributed by atoms with Crippen molar-refractivity contribution >= 4 is 17.8 Å². The van der Waals surface area contributed by atoms with Crippen LogP contribution in [0, 0.1) is 0 Å². The van der Waals surface area contributed by atoms with Gasteiger partial charge in [0.15, 0.2) is 0 Å². The molecule has 1 N–H and O–H groups in total. The maximum Gasteiger partial charge on any atom is 0.329 e. The number of methoxy groups -OCH3 is 1. The summed E-state index contributed by atoms with van der Waals surface area (Å²) in [5, 5.41) is 8.46. The number of carboxylic acid groups (broad SMARTS) is 1. The fourth-order valence-electron chi connectivity index (χ4n) is 1.57. The molecule has 1 amide bonds. The predicted octanol–water partition coefficient (Wildman–Crippen LogP) is 0.289. The highest BCUT2D eigenvalue weighted by Gasteiger charge is 2.18. The molecule has 114 valence electrons. The van der Waals surface area contributed by atoms with Crippen molar-refractivity contribution in [2.24, 2.45) is 0 Å². The van der Waals surface area contributed by atoms with Crippen molar-refractivity contribution in [2.45, 2.75) is 6.54 Å². The van der Waals surface area contributed by atoms with Crippen LogP contribution in [-0.4, -0.2) is 54.7 Å². The van der Waals surface area contributed by atoms with Crippen LogP contribution in [0.5, 0.6) is 0 Å². The normalized spacial score (nSPS) is 9.95. The topological polar surface area (TPSA) is 93.1 Å². The van der Waals surface area contributed by atoms with Crippen LogP contribution >= 0.6 is 0 Å². The van der Waals surface area contributed by atoms with Crippen molar-refractivity contribution in [3.05, 3.63) is 35.9 Å². The first-order valence-electron chi connectivity index (χ1n) is 6.21. The summed E-state index contributed by atoms with van der Waals surface area (Å²) >= 11 is 0. The molecular formula is C14H17NO6. The Morgan fingerprint density at radius 2 is 1.81 bits per heavy atom. The first-order valence-corrected chi connectivity index (χ1v) is 6.21. The molecule has 0 aliphatic rings. The van der Waals surface area contributed by atoms with Crippen molar-refractivity contribution in [1.82, 2.24) is 4.90 Å². The number of carbonyl (C=O) groups excluding carboxylic acids is 2. The number of hydrogen-bond acceptors (Lipinski definition) is 5. The van der Waals surface area contributed by atoms with E-state index < -0.39 is 31.1 Å². The second-order valence-corrected chi connectivity index (χ2v) is 4.20. The smallest absolute Gasteiger partial charge is 0.329 e. The lowest BCUT2D eigenvalue weighted by molar-refractivity contribution is -0.151. The number of esters is 1. The minimum Gasteiger partial charge on any atom is -0.480 e. The average molecular weight is 295 g/mol. The van der Waals surface area contributed by atoms with E-state index in [2.05, 4.69) is 4.74 Å². The zero-order chi connectivity index (χ0) is 15.7. The van der Waals surface area contributed by atoms with Crippen LogP contribution in [0.1, 0.15) is 5.56 Å². The van der Waals surface area contributed by atoms with E-state index in [9.17, 15) is 14.4 Å². The van der Waals surface area contributed by atoms with Crippen LogP contribution in [0.25, 0.3) is 0 Å². The monoisotopic (exact) mass is 295 g/mol. The van der Waals surface area contributed by atoms with Crippen LogP contribution < -0.4 is 0 Å². The summed E-state index contributed by atoms with van der Waals surface area (Å²) < 4.78 is 9.29. The van der Waals surface area contributed by atoms with E-state index in [-0.39, 0.29) is 13.1 Å². The van der Waals surface area contributed by atoms with Gasteiger partial charge < -0.3 is 19.5 Å². The lowest BCUT2D eigenvalue weighted by atomic mass is 10.2. The van der Waals surface area contributed by atoms with Gasteiger partial charge in [0.05, 0.1) is 7.11 Å². The third-order valence-corrected chi connectivity index (χ3v) is 2.57. The average Bonchev–Trinajstić information content (AvgIpc) is 2.47. The van der Waals surface area contributed by atoms with E-state index in [1.807, 2.05) is 30.3 Å². The van der Waals surface area contributed by atoms with Crippen molar-refractivity contribution in [2.75, 3.05) is 26.9 Å². The van der Waals surface area contributed by atoms with E-state index in [1.165, 1.54) is 12.0 Å². The Kier molecular flexibility index (Phi) is 6.90. The quantitative estimate of drug-likeness (QED) is 0.693. The molecular weight excluding hydrogens is 278 g/mol. The highest BCUT2D eigenvalue weighted by atomic mass is 16.5. The standard InChI is InChI=1S/C14H17NO6/c1-20-14(19)8-15(7-11-5-3-2-4-6-11)12(16)9-21-10-13(17)18/h2-6H,7-10H2,1H3,(H,17,18). The Morgan fingerprint density at radius 3 is 2.38 bits per heavy atom. The number of aliphatic carboxylic acids is 1. The number of hydrogen-bond donors (Lipinski definition) is 1. The van der Waals surface area contributed by atoms with E-state index >= 15 is 0 Å². The van der Waals surface area contributed by atoms with Gasteiger partial charge in [-0.25, -0.2) is 4.79 Å². The molecule has 7 nitrogen and oxygen atoms in total. The zero-order valence-corrected chi connectivity index (χ0v) is 11.7. The summed E-state index contributed by atoms with van der Waals surface area (Å²) in [7, 11) is 1.23. The first kappa shape index (κ1) is 16.6. The van der Waals surface area contributed by atoms with Crippen molar-refractivity contribution in [3.63, 3.8) is 0 Å². The number of rotatable bonds is 8.